The van der Waals surface area contributed by atoms with Crippen molar-refractivity contribution >= 4 is 21.6 Å². The Morgan fingerprint density at radius 3 is 2.86 bits per heavy atom. The van der Waals surface area contributed by atoms with E-state index in [1.807, 2.05) is 24.3 Å². The Labute approximate surface area is 134 Å². The molecule has 0 aliphatic carbocycles. The third kappa shape index (κ3) is 3.02. The maximum Gasteiger partial charge on any atom is 0.211 e. The van der Waals surface area contributed by atoms with Crippen LogP contribution in [-0.4, -0.2) is 40.3 Å². The average molecular weight is 341 g/mol. The summed E-state index contributed by atoms with van der Waals surface area (Å²) < 4.78 is 27.1. The molecule has 0 unspecified atom stereocenters. The van der Waals surface area contributed by atoms with E-state index in [1.165, 1.54) is 16.9 Å². The molecule has 1 aromatic carbocycles. The second-order valence-corrected chi connectivity index (χ2v) is 7.74. The van der Waals surface area contributed by atoms with Gasteiger partial charge in [0.05, 0.1) is 18.8 Å². The van der Waals surface area contributed by atoms with Crippen molar-refractivity contribution in [1.29, 1.82) is 0 Å². The summed E-state index contributed by atoms with van der Waals surface area (Å²) in [5.41, 5.74) is 0.930. The molecule has 1 atom stereocenters. The van der Waals surface area contributed by atoms with Crippen molar-refractivity contribution in [2.24, 2.45) is 0 Å². The molecule has 1 aliphatic heterocycles. The summed E-state index contributed by atoms with van der Waals surface area (Å²) in [5.74, 6) is 0.669. The first-order valence-corrected chi connectivity index (χ1v) is 9.27. The smallest absolute Gasteiger partial charge is 0.211 e. The van der Waals surface area contributed by atoms with Gasteiger partial charge in [-0.1, -0.05) is 29.8 Å². The van der Waals surface area contributed by atoms with Gasteiger partial charge < -0.3 is 0 Å². The highest BCUT2D eigenvalue weighted by molar-refractivity contribution is 7.88. The number of rotatable bonds is 4. The van der Waals surface area contributed by atoms with E-state index < -0.39 is 10.0 Å². The molecule has 22 heavy (non-hydrogen) atoms. The molecule has 1 fully saturated rings. The molecule has 1 aromatic heterocycles. The summed E-state index contributed by atoms with van der Waals surface area (Å²) in [5, 5.41) is 4.90. The zero-order valence-electron chi connectivity index (χ0n) is 12.2. The van der Waals surface area contributed by atoms with Gasteiger partial charge in [-0.25, -0.2) is 18.1 Å². The number of hydrogen-bond donors (Lipinski definition) is 0. The minimum atomic E-state index is -3.25. The number of nitrogens with zero attached hydrogens (tertiary/aromatic N) is 4. The Kier molecular flexibility index (Phi) is 4.20. The van der Waals surface area contributed by atoms with Crippen LogP contribution in [0.25, 0.3) is 0 Å². The van der Waals surface area contributed by atoms with Crippen LogP contribution in [0.3, 0.4) is 0 Å². The topological polar surface area (TPSA) is 68.1 Å². The number of sulfonamides is 1. The zero-order chi connectivity index (χ0) is 15.7. The summed E-state index contributed by atoms with van der Waals surface area (Å²) >= 11 is 6.19. The third-order valence-corrected chi connectivity index (χ3v) is 5.51. The fourth-order valence-corrected chi connectivity index (χ4v) is 4.15. The van der Waals surface area contributed by atoms with Crippen molar-refractivity contribution in [2.75, 3.05) is 12.8 Å². The Balaban J connectivity index is 1.91. The maximum absolute atomic E-state index is 11.9. The summed E-state index contributed by atoms with van der Waals surface area (Å²) in [6.07, 6.45) is 4.29. The van der Waals surface area contributed by atoms with Gasteiger partial charge >= 0.3 is 0 Å². The largest absolute Gasteiger partial charge is 0.244 e. The summed E-state index contributed by atoms with van der Waals surface area (Å²) in [6, 6.07) is 7.29. The number of benzene rings is 1. The van der Waals surface area contributed by atoms with Crippen molar-refractivity contribution in [3.63, 3.8) is 0 Å². The lowest BCUT2D eigenvalue weighted by atomic mass is 10.2. The van der Waals surface area contributed by atoms with E-state index in [-0.39, 0.29) is 6.04 Å². The molecular weight excluding hydrogens is 324 g/mol. The van der Waals surface area contributed by atoms with Crippen molar-refractivity contribution < 1.29 is 8.42 Å². The van der Waals surface area contributed by atoms with E-state index in [0.717, 1.165) is 18.4 Å². The van der Waals surface area contributed by atoms with E-state index in [9.17, 15) is 8.42 Å². The highest BCUT2D eigenvalue weighted by Gasteiger charge is 2.35. The highest BCUT2D eigenvalue weighted by Crippen LogP contribution is 2.32. The van der Waals surface area contributed by atoms with Crippen molar-refractivity contribution in [3.8, 4) is 0 Å². The van der Waals surface area contributed by atoms with Gasteiger partial charge in [-0.2, -0.15) is 9.40 Å². The predicted molar refractivity (Wildman–Crippen MR) is 84.1 cm³/mol. The van der Waals surface area contributed by atoms with E-state index in [0.29, 0.717) is 23.9 Å². The third-order valence-electron chi connectivity index (χ3n) is 3.85. The molecule has 0 amide bonds. The Bertz CT molecular complexity index is 775. The molecule has 0 bridgehead atoms. The van der Waals surface area contributed by atoms with Crippen LogP contribution in [0.15, 0.2) is 30.6 Å². The first-order chi connectivity index (χ1) is 10.5. The molecule has 2 aromatic rings. The molecule has 0 saturated carbocycles. The molecule has 1 aliphatic rings. The second-order valence-electron chi connectivity index (χ2n) is 5.40. The molecule has 0 N–H and O–H groups in total. The molecule has 6 nitrogen and oxygen atoms in total. The lowest BCUT2D eigenvalue weighted by Gasteiger charge is -2.22. The van der Waals surface area contributed by atoms with E-state index in [2.05, 4.69) is 10.1 Å². The summed E-state index contributed by atoms with van der Waals surface area (Å²) in [7, 11) is -3.25. The van der Waals surface area contributed by atoms with Gasteiger partial charge in [0.25, 0.3) is 0 Å². The molecular formula is C14H17ClN4O2S. The van der Waals surface area contributed by atoms with Gasteiger partial charge in [-0.05, 0) is 24.5 Å². The Morgan fingerprint density at radius 1 is 1.36 bits per heavy atom. The fraction of sp³-hybridized carbons (Fsp3) is 0.429. The summed E-state index contributed by atoms with van der Waals surface area (Å²) in [6.45, 7) is 1.01. The predicted octanol–water partition coefficient (Wildman–Crippen LogP) is 2.08. The van der Waals surface area contributed by atoms with Gasteiger partial charge in [-0.15, -0.1) is 0 Å². The number of halogens is 1. The van der Waals surface area contributed by atoms with Crippen LogP contribution in [0.2, 0.25) is 5.02 Å². The molecule has 2 heterocycles. The standard InChI is InChI=1S/C14H17ClN4O2S/c1-22(20,21)19-8-4-7-13(19)14-16-10-17-18(14)9-11-5-2-3-6-12(11)15/h2-3,5-6,10,13H,4,7-9H2,1H3/t13-/m0/s1. The molecule has 0 radical (unpaired) electrons. The highest BCUT2D eigenvalue weighted by atomic mass is 35.5. The minimum absolute atomic E-state index is 0.250. The van der Waals surface area contributed by atoms with Gasteiger partial charge in [0.2, 0.25) is 10.0 Å². The average Bonchev–Trinajstić information content (AvgIpc) is 3.08. The maximum atomic E-state index is 11.9. The minimum Gasteiger partial charge on any atom is -0.244 e. The number of hydrogen-bond acceptors (Lipinski definition) is 4. The Morgan fingerprint density at radius 2 is 2.14 bits per heavy atom. The SMILES string of the molecule is CS(=O)(=O)N1CCC[C@H]1c1ncnn1Cc1ccccc1Cl. The lowest BCUT2D eigenvalue weighted by molar-refractivity contribution is 0.373. The van der Waals surface area contributed by atoms with E-state index in [4.69, 9.17) is 11.6 Å². The van der Waals surface area contributed by atoms with Crippen molar-refractivity contribution in [2.45, 2.75) is 25.4 Å². The van der Waals surface area contributed by atoms with Crippen molar-refractivity contribution in [1.82, 2.24) is 19.1 Å². The van der Waals surface area contributed by atoms with Gasteiger partial charge in [0.15, 0.2) is 0 Å². The molecule has 118 valence electrons. The van der Waals surface area contributed by atoms with Crippen LogP contribution >= 0.6 is 11.6 Å². The van der Waals surface area contributed by atoms with Crippen LogP contribution in [0.1, 0.15) is 30.3 Å². The molecule has 8 heteroatoms. The first-order valence-electron chi connectivity index (χ1n) is 7.05. The quantitative estimate of drug-likeness (QED) is 0.854. The Hall–Kier alpha value is -1.44. The van der Waals surface area contributed by atoms with E-state index in [1.54, 1.807) is 4.68 Å². The van der Waals surface area contributed by atoms with Crippen LogP contribution in [0, 0.1) is 0 Å². The van der Waals surface area contributed by atoms with E-state index >= 15 is 0 Å². The van der Waals surface area contributed by atoms with Gasteiger partial charge in [-0.3, -0.25) is 0 Å². The van der Waals surface area contributed by atoms with Crippen molar-refractivity contribution in [3.05, 3.63) is 47.0 Å². The summed E-state index contributed by atoms with van der Waals surface area (Å²) in [4.78, 5) is 4.29. The number of aromatic nitrogens is 3. The normalized spacial score (nSPS) is 19.6. The first kappa shape index (κ1) is 15.5. The van der Waals surface area contributed by atoms with Gasteiger partial charge in [0, 0.05) is 11.6 Å². The molecule has 3 rings (SSSR count). The molecule has 0 spiro atoms. The van der Waals surface area contributed by atoms with Crippen LogP contribution in [0.5, 0.6) is 0 Å². The van der Waals surface area contributed by atoms with Gasteiger partial charge in [0.1, 0.15) is 12.2 Å². The monoisotopic (exact) mass is 340 g/mol. The lowest BCUT2D eigenvalue weighted by Crippen LogP contribution is -2.31. The fourth-order valence-electron chi connectivity index (χ4n) is 2.84. The van der Waals surface area contributed by atoms with Crippen LogP contribution < -0.4 is 0 Å². The van der Waals surface area contributed by atoms with Crippen LogP contribution in [-0.2, 0) is 16.6 Å². The van der Waals surface area contributed by atoms with Crippen LogP contribution in [0.4, 0.5) is 0 Å². The zero-order valence-corrected chi connectivity index (χ0v) is 13.8. The molecule has 1 saturated heterocycles. The second kappa shape index (κ2) is 5.98.